The number of imidazole rings is 1. The van der Waals surface area contributed by atoms with Crippen molar-refractivity contribution in [3.63, 3.8) is 0 Å². The lowest BCUT2D eigenvalue weighted by molar-refractivity contribution is -0.136. The zero-order chi connectivity index (χ0) is 15.8. The number of carbonyl (C=O) groups is 1. The van der Waals surface area contributed by atoms with E-state index in [4.69, 9.17) is 0 Å². The lowest BCUT2D eigenvalue weighted by Gasteiger charge is -2.40. The second-order valence-electron chi connectivity index (χ2n) is 6.01. The predicted molar refractivity (Wildman–Crippen MR) is 88.0 cm³/mol. The summed E-state index contributed by atoms with van der Waals surface area (Å²) in [5.74, 6) is 1.17. The van der Waals surface area contributed by atoms with Crippen molar-refractivity contribution in [3.05, 3.63) is 60.2 Å². The van der Waals surface area contributed by atoms with Crippen LogP contribution in [0.1, 0.15) is 17.4 Å². The summed E-state index contributed by atoms with van der Waals surface area (Å²) >= 11 is 0. The fraction of sp³-hybridized carbons (Fsp3) is 0.278. The number of hydrogen-bond acceptors (Lipinski definition) is 3. The number of aryl methyl sites for hydroxylation is 1. The van der Waals surface area contributed by atoms with Crippen LogP contribution in [0.2, 0.25) is 0 Å². The number of amides is 1. The van der Waals surface area contributed by atoms with Crippen molar-refractivity contribution in [1.29, 1.82) is 0 Å². The molecule has 5 heteroatoms. The molecule has 1 aliphatic rings. The van der Waals surface area contributed by atoms with Gasteiger partial charge in [-0.3, -0.25) is 9.78 Å². The number of fused-ring (bicyclic) bond motifs is 1. The van der Waals surface area contributed by atoms with Crippen LogP contribution in [0.3, 0.4) is 0 Å². The van der Waals surface area contributed by atoms with Gasteiger partial charge in [-0.15, -0.1) is 0 Å². The Hall–Kier alpha value is -2.69. The van der Waals surface area contributed by atoms with E-state index in [2.05, 4.69) is 20.6 Å². The van der Waals surface area contributed by atoms with Gasteiger partial charge in [0.2, 0.25) is 5.91 Å². The van der Waals surface area contributed by atoms with Crippen LogP contribution >= 0.6 is 0 Å². The number of carbonyl (C=O) groups excluding carboxylic acids is 1. The highest BCUT2D eigenvalue weighted by Crippen LogP contribution is 2.28. The highest BCUT2D eigenvalue weighted by Gasteiger charge is 2.33. The van der Waals surface area contributed by atoms with Gasteiger partial charge in [0.15, 0.2) is 0 Å². The van der Waals surface area contributed by atoms with Gasteiger partial charge in [0.25, 0.3) is 0 Å². The standard InChI is InChI=1S/C18H18N4O/c1-13-20-16-6-2-3-7-17(16)22(13)15-11-21(12-15)18(23)9-14-5-4-8-19-10-14/h2-8,10,15H,9,11-12H2,1H3. The summed E-state index contributed by atoms with van der Waals surface area (Å²) in [4.78, 5) is 22.9. The van der Waals surface area contributed by atoms with Gasteiger partial charge >= 0.3 is 0 Å². The molecule has 4 rings (SSSR count). The molecule has 116 valence electrons. The molecule has 23 heavy (non-hydrogen) atoms. The predicted octanol–water partition coefficient (Wildman–Crippen LogP) is 2.37. The Morgan fingerprint density at radius 3 is 2.83 bits per heavy atom. The van der Waals surface area contributed by atoms with Gasteiger partial charge in [-0.05, 0) is 30.7 Å². The van der Waals surface area contributed by atoms with Crippen molar-refractivity contribution in [2.75, 3.05) is 13.1 Å². The maximum Gasteiger partial charge on any atom is 0.227 e. The Morgan fingerprint density at radius 2 is 2.04 bits per heavy atom. The Labute approximate surface area is 134 Å². The molecule has 0 radical (unpaired) electrons. The van der Waals surface area contributed by atoms with Crippen molar-refractivity contribution < 1.29 is 4.79 Å². The third-order valence-corrected chi connectivity index (χ3v) is 4.43. The van der Waals surface area contributed by atoms with Crippen LogP contribution in [-0.4, -0.2) is 38.4 Å². The molecule has 0 aliphatic carbocycles. The zero-order valence-electron chi connectivity index (χ0n) is 13.0. The number of hydrogen-bond donors (Lipinski definition) is 0. The SMILES string of the molecule is Cc1nc2ccccc2n1C1CN(C(=O)Cc2cccnc2)C1. The van der Waals surface area contributed by atoms with Crippen LogP contribution in [0, 0.1) is 6.92 Å². The second-order valence-corrected chi connectivity index (χ2v) is 6.01. The van der Waals surface area contributed by atoms with Crippen LogP contribution in [0.5, 0.6) is 0 Å². The largest absolute Gasteiger partial charge is 0.338 e. The fourth-order valence-corrected chi connectivity index (χ4v) is 3.24. The molecule has 0 atom stereocenters. The van der Waals surface area contributed by atoms with Crippen LogP contribution in [-0.2, 0) is 11.2 Å². The van der Waals surface area contributed by atoms with E-state index in [1.165, 1.54) is 0 Å². The molecule has 5 nitrogen and oxygen atoms in total. The van der Waals surface area contributed by atoms with Crippen molar-refractivity contribution in [2.45, 2.75) is 19.4 Å². The van der Waals surface area contributed by atoms with E-state index in [0.717, 1.165) is 35.5 Å². The Kier molecular flexibility index (Phi) is 3.33. The first-order chi connectivity index (χ1) is 11.2. The number of benzene rings is 1. The smallest absolute Gasteiger partial charge is 0.227 e. The number of para-hydroxylation sites is 2. The van der Waals surface area contributed by atoms with E-state index >= 15 is 0 Å². The Bertz CT molecular complexity index is 850. The molecular weight excluding hydrogens is 288 g/mol. The van der Waals surface area contributed by atoms with E-state index in [1.807, 2.05) is 42.2 Å². The highest BCUT2D eigenvalue weighted by atomic mass is 16.2. The topological polar surface area (TPSA) is 51.0 Å². The van der Waals surface area contributed by atoms with Gasteiger partial charge in [-0.2, -0.15) is 0 Å². The summed E-state index contributed by atoms with van der Waals surface area (Å²) in [6.45, 7) is 3.53. The molecule has 1 saturated heterocycles. The molecule has 1 aliphatic heterocycles. The third-order valence-electron chi connectivity index (χ3n) is 4.43. The van der Waals surface area contributed by atoms with Crippen LogP contribution in [0.25, 0.3) is 11.0 Å². The van der Waals surface area contributed by atoms with E-state index < -0.39 is 0 Å². The van der Waals surface area contributed by atoms with Crippen LogP contribution < -0.4 is 0 Å². The van der Waals surface area contributed by atoms with Gasteiger partial charge in [0, 0.05) is 25.5 Å². The van der Waals surface area contributed by atoms with Crippen LogP contribution in [0.4, 0.5) is 0 Å². The zero-order valence-corrected chi connectivity index (χ0v) is 13.0. The van der Waals surface area contributed by atoms with Crippen molar-refractivity contribution in [1.82, 2.24) is 19.4 Å². The minimum absolute atomic E-state index is 0.163. The summed E-state index contributed by atoms with van der Waals surface area (Å²) in [6.07, 6.45) is 3.90. The molecule has 3 aromatic rings. The van der Waals surface area contributed by atoms with E-state index in [0.29, 0.717) is 12.5 Å². The quantitative estimate of drug-likeness (QED) is 0.746. The first-order valence-electron chi connectivity index (χ1n) is 7.82. The maximum absolute atomic E-state index is 12.3. The Morgan fingerprint density at radius 1 is 1.22 bits per heavy atom. The minimum Gasteiger partial charge on any atom is -0.338 e. The summed E-state index contributed by atoms with van der Waals surface area (Å²) in [6, 6.07) is 12.3. The number of pyridine rings is 1. The van der Waals surface area contributed by atoms with Gasteiger partial charge in [-0.25, -0.2) is 4.98 Å². The minimum atomic E-state index is 0.163. The lowest BCUT2D eigenvalue weighted by atomic mass is 10.1. The van der Waals surface area contributed by atoms with E-state index in [-0.39, 0.29) is 5.91 Å². The molecular formula is C18H18N4O. The summed E-state index contributed by atoms with van der Waals surface area (Å²) in [5.41, 5.74) is 3.13. The lowest BCUT2D eigenvalue weighted by Crippen LogP contribution is -2.51. The third kappa shape index (κ3) is 2.48. The molecule has 3 heterocycles. The van der Waals surface area contributed by atoms with Crippen molar-refractivity contribution in [3.8, 4) is 0 Å². The van der Waals surface area contributed by atoms with Crippen LogP contribution in [0.15, 0.2) is 48.8 Å². The fourth-order valence-electron chi connectivity index (χ4n) is 3.24. The van der Waals surface area contributed by atoms with Gasteiger partial charge in [-0.1, -0.05) is 18.2 Å². The van der Waals surface area contributed by atoms with Gasteiger partial charge < -0.3 is 9.47 Å². The number of aromatic nitrogens is 3. The van der Waals surface area contributed by atoms with E-state index in [9.17, 15) is 4.79 Å². The number of nitrogens with zero attached hydrogens (tertiary/aromatic N) is 4. The molecule has 1 aromatic carbocycles. The number of rotatable bonds is 3. The molecule has 0 unspecified atom stereocenters. The van der Waals surface area contributed by atoms with E-state index in [1.54, 1.807) is 12.4 Å². The Balaban J connectivity index is 1.46. The summed E-state index contributed by atoms with van der Waals surface area (Å²) in [7, 11) is 0. The maximum atomic E-state index is 12.3. The molecule has 0 saturated carbocycles. The summed E-state index contributed by atoms with van der Waals surface area (Å²) in [5, 5.41) is 0. The first-order valence-corrected chi connectivity index (χ1v) is 7.82. The first kappa shape index (κ1) is 13.9. The average Bonchev–Trinajstić information content (AvgIpc) is 2.83. The molecule has 1 amide bonds. The second kappa shape index (κ2) is 5.50. The molecule has 0 spiro atoms. The van der Waals surface area contributed by atoms with Gasteiger partial charge in [0.1, 0.15) is 5.82 Å². The molecule has 2 aromatic heterocycles. The van der Waals surface area contributed by atoms with Crippen molar-refractivity contribution in [2.24, 2.45) is 0 Å². The normalized spacial score (nSPS) is 14.9. The summed E-state index contributed by atoms with van der Waals surface area (Å²) < 4.78 is 2.25. The molecule has 0 bridgehead atoms. The molecule has 0 N–H and O–H groups in total. The number of likely N-dealkylation sites (tertiary alicyclic amines) is 1. The molecule has 1 fully saturated rings. The highest BCUT2D eigenvalue weighted by molar-refractivity contribution is 5.80. The monoisotopic (exact) mass is 306 g/mol. The van der Waals surface area contributed by atoms with Crippen molar-refractivity contribution >= 4 is 16.9 Å². The van der Waals surface area contributed by atoms with Gasteiger partial charge in [0.05, 0.1) is 23.5 Å². The average molecular weight is 306 g/mol.